The van der Waals surface area contributed by atoms with Crippen molar-refractivity contribution >= 4 is 29.0 Å². The monoisotopic (exact) mass is 444 g/mol. The number of halogens is 3. The van der Waals surface area contributed by atoms with Crippen molar-refractivity contribution in [3.63, 3.8) is 0 Å². The van der Waals surface area contributed by atoms with Gasteiger partial charge in [0.2, 0.25) is 0 Å². The molecule has 30 heavy (non-hydrogen) atoms. The van der Waals surface area contributed by atoms with Gasteiger partial charge in [-0.05, 0) is 41.2 Å². The summed E-state index contributed by atoms with van der Waals surface area (Å²) in [6.07, 6.45) is 0.800. The smallest absolute Gasteiger partial charge is 0.154 e. The number of fused-ring (bicyclic) bond motifs is 3. The van der Waals surface area contributed by atoms with Crippen LogP contribution in [-0.2, 0) is 16.6 Å². The van der Waals surface area contributed by atoms with Crippen LogP contribution in [0, 0.1) is 22.6 Å². The molecule has 1 aliphatic heterocycles. The van der Waals surface area contributed by atoms with Crippen molar-refractivity contribution in [3.8, 4) is 6.07 Å². The second kappa shape index (κ2) is 7.34. The Morgan fingerprint density at radius 1 is 1.27 bits per heavy atom. The maximum absolute atomic E-state index is 15.3. The molecule has 6 heteroatoms. The Labute approximate surface area is 186 Å². The van der Waals surface area contributed by atoms with Gasteiger partial charge in [-0.2, -0.15) is 5.26 Å². The number of hydrogen-bond acceptors (Lipinski definition) is 3. The molecule has 0 radical (unpaired) electrons. The van der Waals surface area contributed by atoms with Gasteiger partial charge < -0.3 is 5.32 Å². The van der Waals surface area contributed by atoms with E-state index in [4.69, 9.17) is 23.2 Å². The first-order valence-corrected chi connectivity index (χ1v) is 10.8. The molecule has 2 aromatic carbocycles. The summed E-state index contributed by atoms with van der Waals surface area (Å²) in [5.41, 5.74) is 0.423. The van der Waals surface area contributed by atoms with Crippen LogP contribution in [0.25, 0.3) is 0 Å². The number of rotatable bonds is 2. The lowest BCUT2D eigenvalue weighted by Gasteiger charge is -2.39. The van der Waals surface area contributed by atoms with Crippen molar-refractivity contribution in [1.82, 2.24) is 5.32 Å². The summed E-state index contributed by atoms with van der Waals surface area (Å²) in [5.74, 6) is -1.10. The van der Waals surface area contributed by atoms with Gasteiger partial charge in [0.25, 0.3) is 0 Å². The third kappa shape index (κ3) is 3.24. The van der Waals surface area contributed by atoms with Crippen LogP contribution in [0.15, 0.2) is 36.4 Å². The fraction of sp³-hybridized carbons (Fsp3) is 0.417. The van der Waals surface area contributed by atoms with Crippen molar-refractivity contribution in [2.24, 2.45) is 5.41 Å². The highest BCUT2D eigenvalue weighted by Crippen LogP contribution is 2.54. The summed E-state index contributed by atoms with van der Waals surface area (Å²) in [7, 11) is 0. The molecule has 1 heterocycles. The average molecular weight is 445 g/mol. The Balaban J connectivity index is 2.02. The van der Waals surface area contributed by atoms with Gasteiger partial charge in [0.15, 0.2) is 5.78 Å². The minimum absolute atomic E-state index is 0.0222. The van der Waals surface area contributed by atoms with Gasteiger partial charge in [-0.25, -0.2) is 4.39 Å². The Hall–Kier alpha value is -1.93. The highest BCUT2D eigenvalue weighted by Gasteiger charge is 2.61. The molecule has 4 rings (SSSR count). The number of carbonyl (C=O) groups excluding carboxylic acids is 1. The Morgan fingerprint density at radius 2 is 2.00 bits per heavy atom. The Kier molecular flexibility index (Phi) is 5.21. The van der Waals surface area contributed by atoms with Crippen molar-refractivity contribution in [2.75, 3.05) is 0 Å². The van der Waals surface area contributed by atoms with Gasteiger partial charge >= 0.3 is 0 Å². The fourth-order valence-electron chi connectivity index (χ4n) is 5.19. The van der Waals surface area contributed by atoms with Crippen LogP contribution in [0.1, 0.15) is 49.8 Å². The lowest BCUT2D eigenvalue weighted by molar-refractivity contribution is -0.121. The number of Topliss-reactive ketones (excluding diaryl/α,β-unsaturated/α-hetero) is 1. The standard InChI is InChI=1S/C24H23Cl2FN2O/c1-23(2,3)11-20-24(12-28,16-8-7-13(25)9-18(16)27)21-14-5-4-6-17(26)15(14)10-19(30)22(21)29-20/h4-9,20-22,29H,10-11H2,1-3H3. The average Bonchev–Trinajstić information content (AvgIpc) is 2.97. The molecule has 1 saturated heterocycles. The van der Waals surface area contributed by atoms with Gasteiger partial charge in [0, 0.05) is 34.0 Å². The number of nitriles is 1. The third-order valence-electron chi connectivity index (χ3n) is 6.32. The molecule has 0 aromatic heterocycles. The molecular weight excluding hydrogens is 422 g/mol. The van der Waals surface area contributed by atoms with Crippen molar-refractivity contribution < 1.29 is 9.18 Å². The van der Waals surface area contributed by atoms with Crippen molar-refractivity contribution in [2.45, 2.75) is 57.0 Å². The summed E-state index contributed by atoms with van der Waals surface area (Å²) in [4.78, 5) is 13.1. The van der Waals surface area contributed by atoms with Crippen molar-refractivity contribution in [1.29, 1.82) is 5.26 Å². The van der Waals surface area contributed by atoms with Gasteiger partial charge in [-0.1, -0.05) is 62.2 Å². The molecule has 4 unspecified atom stereocenters. The molecular formula is C24H23Cl2FN2O. The largest absolute Gasteiger partial charge is 0.302 e. The van der Waals surface area contributed by atoms with E-state index in [-0.39, 0.29) is 28.2 Å². The lowest BCUT2D eigenvalue weighted by atomic mass is 9.60. The van der Waals surface area contributed by atoms with E-state index in [0.717, 1.165) is 11.1 Å². The predicted molar refractivity (Wildman–Crippen MR) is 116 cm³/mol. The zero-order valence-corrected chi connectivity index (χ0v) is 18.6. The fourth-order valence-corrected chi connectivity index (χ4v) is 5.59. The number of ketones is 1. The number of nitrogens with zero attached hydrogens (tertiary/aromatic N) is 1. The van der Waals surface area contributed by atoms with Gasteiger partial charge in [-0.3, -0.25) is 4.79 Å². The molecule has 1 aliphatic carbocycles. The van der Waals surface area contributed by atoms with E-state index in [2.05, 4.69) is 32.2 Å². The lowest BCUT2D eigenvalue weighted by Crippen LogP contribution is -2.44. The second-order valence-corrected chi connectivity index (χ2v) is 10.3. The molecule has 3 nitrogen and oxygen atoms in total. The molecule has 1 N–H and O–H groups in total. The van der Waals surface area contributed by atoms with Gasteiger partial charge in [0.1, 0.15) is 11.2 Å². The summed E-state index contributed by atoms with van der Waals surface area (Å²) in [6.45, 7) is 6.22. The van der Waals surface area contributed by atoms with E-state index in [1.54, 1.807) is 18.2 Å². The molecule has 0 bridgehead atoms. The molecule has 1 fully saturated rings. The minimum Gasteiger partial charge on any atom is -0.302 e. The van der Waals surface area contributed by atoms with E-state index in [1.807, 2.05) is 12.1 Å². The van der Waals surface area contributed by atoms with Crippen molar-refractivity contribution in [3.05, 3.63) is 69.0 Å². The van der Waals surface area contributed by atoms with Crippen LogP contribution in [0.4, 0.5) is 4.39 Å². The van der Waals surface area contributed by atoms with E-state index < -0.39 is 29.2 Å². The zero-order chi connectivity index (χ0) is 21.8. The molecule has 156 valence electrons. The SMILES string of the molecule is CC(C)(C)CC1NC2C(=O)Cc3c(Cl)cccc3C2C1(C#N)c1ccc(Cl)cc1F. The van der Waals surface area contributed by atoms with Crippen LogP contribution in [0.5, 0.6) is 0 Å². The maximum atomic E-state index is 15.3. The highest BCUT2D eigenvalue weighted by molar-refractivity contribution is 6.31. The quantitative estimate of drug-likeness (QED) is 0.657. The van der Waals surface area contributed by atoms with Crippen LogP contribution >= 0.6 is 23.2 Å². The topological polar surface area (TPSA) is 52.9 Å². The van der Waals surface area contributed by atoms with E-state index >= 15 is 4.39 Å². The number of benzene rings is 2. The van der Waals surface area contributed by atoms with Crippen LogP contribution < -0.4 is 5.32 Å². The first-order chi connectivity index (χ1) is 14.1. The van der Waals surface area contributed by atoms with Crippen LogP contribution in [0.3, 0.4) is 0 Å². The summed E-state index contributed by atoms with van der Waals surface area (Å²) < 4.78 is 15.3. The molecule has 0 spiro atoms. The number of carbonyl (C=O) groups is 1. The Morgan fingerprint density at radius 3 is 2.63 bits per heavy atom. The summed E-state index contributed by atoms with van der Waals surface area (Å²) in [6, 6.07) is 11.4. The molecule has 2 aliphatic rings. The minimum atomic E-state index is -1.28. The Bertz CT molecular complexity index is 1070. The van der Waals surface area contributed by atoms with Gasteiger partial charge in [-0.15, -0.1) is 0 Å². The maximum Gasteiger partial charge on any atom is 0.154 e. The molecule has 0 amide bonds. The number of hydrogen-bond donors (Lipinski definition) is 1. The van der Waals surface area contributed by atoms with E-state index in [0.29, 0.717) is 11.4 Å². The molecule has 2 aromatic rings. The van der Waals surface area contributed by atoms with E-state index in [1.165, 1.54) is 6.07 Å². The zero-order valence-electron chi connectivity index (χ0n) is 17.1. The molecule has 4 atom stereocenters. The van der Waals surface area contributed by atoms with E-state index in [9.17, 15) is 10.1 Å². The molecule has 0 saturated carbocycles. The first kappa shape index (κ1) is 21.3. The van der Waals surface area contributed by atoms with Crippen LogP contribution in [0.2, 0.25) is 10.0 Å². The summed E-state index contributed by atoms with van der Waals surface area (Å²) >= 11 is 12.4. The predicted octanol–water partition coefficient (Wildman–Crippen LogP) is 5.58. The van der Waals surface area contributed by atoms with Gasteiger partial charge in [0.05, 0.1) is 12.1 Å². The third-order valence-corrected chi connectivity index (χ3v) is 6.91. The normalized spacial score (nSPS) is 28.0. The highest BCUT2D eigenvalue weighted by atomic mass is 35.5. The second-order valence-electron chi connectivity index (χ2n) is 9.50. The van der Waals surface area contributed by atoms with Crippen LogP contribution in [-0.4, -0.2) is 17.9 Å². The number of nitrogens with one attached hydrogen (secondary N) is 1. The first-order valence-electron chi connectivity index (χ1n) is 10.0. The summed E-state index contributed by atoms with van der Waals surface area (Å²) in [5, 5.41) is 14.8.